The molecule has 1 unspecified atom stereocenters. The lowest BCUT2D eigenvalue weighted by Crippen LogP contribution is -2.39. The number of hydrogen-bond acceptors (Lipinski definition) is 4. The fourth-order valence-electron chi connectivity index (χ4n) is 1.72. The summed E-state index contributed by atoms with van der Waals surface area (Å²) < 4.78 is 15.2. The predicted octanol–water partition coefficient (Wildman–Crippen LogP) is 2.08. The number of cyclic esters (lactones) is 1. The Morgan fingerprint density at radius 2 is 2.13 bits per heavy atom. The maximum Gasteiger partial charge on any atom is 0.514 e. The van der Waals surface area contributed by atoms with Crippen LogP contribution in [0.2, 0.25) is 0 Å². The van der Waals surface area contributed by atoms with Gasteiger partial charge in [0.05, 0.1) is 6.61 Å². The third kappa shape index (κ3) is 1.68. The van der Waals surface area contributed by atoms with E-state index in [2.05, 4.69) is 0 Å². The van der Waals surface area contributed by atoms with Crippen molar-refractivity contribution in [1.29, 1.82) is 0 Å². The molecule has 1 aliphatic rings. The molecule has 0 spiro atoms. The minimum Gasteiger partial charge on any atom is -0.420 e. The summed E-state index contributed by atoms with van der Waals surface area (Å²) in [7, 11) is 1.57. The Morgan fingerprint density at radius 3 is 2.87 bits per heavy atom. The SMILES string of the molecule is COCC1(C)OC(=O)Oc2ccccc21. The lowest BCUT2D eigenvalue weighted by Gasteiger charge is -2.33. The molecule has 1 heterocycles. The van der Waals surface area contributed by atoms with Crippen LogP contribution in [0.3, 0.4) is 0 Å². The largest absolute Gasteiger partial charge is 0.514 e. The molecular formula is C11H12O4. The van der Waals surface area contributed by atoms with E-state index in [-0.39, 0.29) is 0 Å². The fraction of sp³-hybridized carbons (Fsp3) is 0.364. The van der Waals surface area contributed by atoms with Crippen LogP contribution >= 0.6 is 0 Å². The van der Waals surface area contributed by atoms with Gasteiger partial charge in [0.2, 0.25) is 0 Å². The average Bonchev–Trinajstić information content (AvgIpc) is 2.17. The monoisotopic (exact) mass is 208 g/mol. The van der Waals surface area contributed by atoms with Gasteiger partial charge in [-0.25, -0.2) is 4.79 Å². The number of carbonyl (C=O) groups is 1. The standard InChI is InChI=1S/C11H12O4/c1-11(7-13-2)8-5-3-4-6-9(8)14-10(12)15-11/h3-6H,7H2,1-2H3. The van der Waals surface area contributed by atoms with Crippen molar-refractivity contribution >= 4 is 6.16 Å². The van der Waals surface area contributed by atoms with Crippen LogP contribution in [-0.4, -0.2) is 19.9 Å². The van der Waals surface area contributed by atoms with Crippen LogP contribution in [0.15, 0.2) is 24.3 Å². The molecule has 4 heteroatoms. The third-order valence-corrected chi connectivity index (χ3v) is 2.38. The van der Waals surface area contributed by atoms with Crippen molar-refractivity contribution in [2.45, 2.75) is 12.5 Å². The minimum atomic E-state index is -0.763. The molecule has 0 aliphatic carbocycles. The summed E-state index contributed by atoms with van der Waals surface area (Å²) in [6.45, 7) is 2.11. The van der Waals surface area contributed by atoms with E-state index in [1.54, 1.807) is 20.1 Å². The zero-order valence-electron chi connectivity index (χ0n) is 8.65. The Kier molecular flexibility index (Phi) is 2.36. The van der Waals surface area contributed by atoms with Crippen molar-refractivity contribution in [2.75, 3.05) is 13.7 Å². The molecular weight excluding hydrogens is 196 g/mol. The van der Waals surface area contributed by atoms with Gasteiger partial charge in [-0.3, -0.25) is 0 Å². The Labute approximate surface area is 87.8 Å². The molecule has 0 saturated heterocycles. The topological polar surface area (TPSA) is 44.8 Å². The molecule has 2 rings (SSSR count). The second-order valence-electron chi connectivity index (χ2n) is 3.61. The van der Waals surface area contributed by atoms with Crippen LogP contribution in [0.25, 0.3) is 0 Å². The van der Waals surface area contributed by atoms with E-state index in [1.807, 2.05) is 18.2 Å². The quantitative estimate of drug-likeness (QED) is 0.551. The van der Waals surface area contributed by atoms with Crippen LogP contribution in [0.1, 0.15) is 12.5 Å². The first-order valence-electron chi connectivity index (χ1n) is 4.65. The van der Waals surface area contributed by atoms with Gasteiger partial charge in [-0.15, -0.1) is 0 Å². The van der Waals surface area contributed by atoms with Gasteiger partial charge in [-0.2, -0.15) is 0 Å². The Balaban J connectivity index is 2.46. The van der Waals surface area contributed by atoms with Crippen molar-refractivity contribution in [1.82, 2.24) is 0 Å². The number of methoxy groups -OCH3 is 1. The van der Waals surface area contributed by atoms with Gasteiger partial charge in [0.15, 0.2) is 5.60 Å². The smallest absolute Gasteiger partial charge is 0.420 e. The number of rotatable bonds is 2. The molecule has 0 saturated carbocycles. The Morgan fingerprint density at radius 1 is 1.40 bits per heavy atom. The summed E-state index contributed by atoms with van der Waals surface area (Å²) in [4.78, 5) is 11.2. The molecule has 0 aromatic heterocycles. The predicted molar refractivity (Wildman–Crippen MR) is 52.8 cm³/mol. The minimum absolute atomic E-state index is 0.305. The highest BCUT2D eigenvalue weighted by Crippen LogP contribution is 2.37. The second-order valence-corrected chi connectivity index (χ2v) is 3.61. The molecule has 4 nitrogen and oxygen atoms in total. The van der Waals surface area contributed by atoms with Crippen molar-refractivity contribution in [2.24, 2.45) is 0 Å². The number of ether oxygens (including phenoxy) is 3. The first kappa shape index (κ1) is 9.98. The summed E-state index contributed by atoms with van der Waals surface area (Å²) >= 11 is 0. The highest BCUT2D eigenvalue weighted by Gasteiger charge is 2.39. The number of hydrogen-bond donors (Lipinski definition) is 0. The summed E-state index contributed by atoms with van der Waals surface area (Å²) in [5.74, 6) is 0.535. The summed E-state index contributed by atoms with van der Waals surface area (Å²) in [6.07, 6.45) is -0.687. The highest BCUT2D eigenvalue weighted by atomic mass is 16.7. The first-order chi connectivity index (χ1) is 7.15. The third-order valence-electron chi connectivity index (χ3n) is 2.38. The van der Waals surface area contributed by atoms with Crippen LogP contribution < -0.4 is 4.74 Å². The zero-order valence-corrected chi connectivity index (χ0v) is 8.65. The van der Waals surface area contributed by atoms with Crippen molar-refractivity contribution < 1.29 is 19.0 Å². The number of carbonyl (C=O) groups excluding carboxylic acids is 1. The van der Waals surface area contributed by atoms with Crippen molar-refractivity contribution in [3.8, 4) is 5.75 Å². The zero-order chi connectivity index (χ0) is 10.9. The van der Waals surface area contributed by atoms with Crippen LogP contribution in [0.4, 0.5) is 4.79 Å². The molecule has 0 N–H and O–H groups in total. The van der Waals surface area contributed by atoms with E-state index < -0.39 is 11.8 Å². The summed E-state index contributed by atoms with van der Waals surface area (Å²) in [6, 6.07) is 7.28. The van der Waals surface area contributed by atoms with E-state index in [4.69, 9.17) is 14.2 Å². The molecule has 0 amide bonds. The molecule has 0 bridgehead atoms. The summed E-state index contributed by atoms with van der Waals surface area (Å²) in [5, 5.41) is 0. The molecule has 0 fully saturated rings. The van der Waals surface area contributed by atoms with Crippen molar-refractivity contribution in [3.05, 3.63) is 29.8 Å². The summed E-state index contributed by atoms with van der Waals surface area (Å²) in [5.41, 5.74) is 0.0622. The van der Waals surface area contributed by atoms with Crippen LogP contribution in [-0.2, 0) is 15.1 Å². The van der Waals surface area contributed by atoms with Gasteiger partial charge in [0.1, 0.15) is 5.75 Å². The molecule has 15 heavy (non-hydrogen) atoms. The lowest BCUT2D eigenvalue weighted by molar-refractivity contribution is -0.0651. The van der Waals surface area contributed by atoms with Gasteiger partial charge in [0, 0.05) is 12.7 Å². The second kappa shape index (κ2) is 3.55. The van der Waals surface area contributed by atoms with Gasteiger partial charge < -0.3 is 14.2 Å². The van der Waals surface area contributed by atoms with Gasteiger partial charge in [-0.05, 0) is 13.0 Å². The van der Waals surface area contributed by atoms with E-state index in [9.17, 15) is 4.79 Å². The normalized spacial score (nSPS) is 24.0. The average molecular weight is 208 g/mol. The number of para-hydroxylation sites is 1. The van der Waals surface area contributed by atoms with E-state index in [0.29, 0.717) is 12.4 Å². The molecule has 1 aromatic carbocycles. The van der Waals surface area contributed by atoms with E-state index in [0.717, 1.165) is 5.56 Å². The Bertz CT molecular complexity index is 388. The molecule has 80 valence electrons. The van der Waals surface area contributed by atoms with Crippen molar-refractivity contribution in [3.63, 3.8) is 0 Å². The maximum atomic E-state index is 11.2. The first-order valence-corrected chi connectivity index (χ1v) is 4.65. The molecule has 0 radical (unpaired) electrons. The highest BCUT2D eigenvalue weighted by molar-refractivity contribution is 5.68. The molecule has 1 aromatic rings. The number of fused-ring (bicyclic) bond motifs is 1. The van der Waals surface area contributed by atoms with Gasteiger partial charge >= 0.3 is 6.16 Å². The van der Waals surface area contributed by atoms with E-state index >= 15 is 0 Å². The molecule has 1 aliphatic heterocycles. The number of benzene rings is 1. The fourth-order valence-corrected chi connectivity index (χ4v) is 1.72. The van der Waals surface area contributed by atoms with Crippen LogP contribution in [0, 0.1) is 0 Å². The van der Waals surface area contributed by atoms with Gasteiger partial charge in [0.25, 0.3) is 0 Å². The van der Waals surface area contributed by atoms with Gasteiger partial charge in [-0.1, -0.05) is 18.2 Å². The maximum absolute atomic E-state index is 11.2. The van der Waals surface area contributed by atoms with E-state index in [1.165, 1.54) is 0 Å². The molecule has 1 atom stereocenters. The lowest BCUT2D eigenvalue weighted by atomic mass is 9.95. The Hall–Kier alpha value is -1.55. The van der Waals surface area contributed by atoms with Crippen LogP contribution in [0.5, 0.6) is 5.75 Å².